The minimum absolute atomic E-state index is 0. The number of imidazole rings is 1. The maximum atomic E-state index is 5.71. The number of rotatable bonds is 0. The van der Waals surface area contributed by atoms with Crippen LogP contribution < -0.4 is 5.73 Å². The van der Waals surface area contributed by atoms with Gasteiger partial charge in [0.1, 0.15) is 5.52 Å². The van der Waals surface area contributed by atoms with Gasteiger partial charge in [0.25, 0.3) is 0 Å². The first-order chi connectivity index (χ1) is 6.86. The van der Waals surface area contributed by atoms with E-state index >= 15 is 0 Å². The monoisotopic (exact) mass is 257 g/mol. The van der Waals surface area contributed by atoms with Gasteiger partial charge in [-0.05, 0) is 6.07 Å². The second-order valence-electron chi connectivity index (χ2n) is 2.98. The Kier molecular flexibility index (Phi) is 3.51. The van der Waals surface area contributed by atoms with Gasteiger partial charge < -0.3 is 5.73 Å². The molecule has 0 aromatic carbocycles. The molecule has 0 saturated carbocycles. The fraction of sp³-hybridized carbons (Fsp3) is 0. The number of hydrogen-bond donors (Lipinski definition) is 1. The van der Waals surface area contributed by atoms with Crippen LogP contribution in [0, 0.1) is 0 Å². The third-order valence-corrected chi connectivity index (χ3v) is 2.16. The van der Waals surface area contributed by atoms with Crippen LogP contribution in [0.3, 0.4) is 0 Å². The summed E-state index contributed by atoms with van der Waals surface area (Å²) < 4.78 is 1.93. The Bertz CT molecular complexity index is 621. The van der Waals surface area contributed by atoms with Crippen molar-refractivity contribution in [2.24, 2.45) is 0 Å². The molecule has 0 atom stereocenters. The van der Waals surface area contributed by atoms with E-state index in [0.29, 0.717) is 5.82 Å². The third-order valence-electron chi connectivity index (χ3n) is 2.16. The summed E-state index contributed by atoms with van der Waals surface area (Å²) in [4.78, 5) is 12.3. The zero-order chi connectivity index (χ0) is 9.54. The van der Waals surface area contributed by atoms with Gasteiger partial charge in [-0.3, -0.25) is 9.38 Å². The summed E-state index contributed by atoms with van der Waals surface area (Å²) in [6, 6.07) is 1.88. The molecule has 0 bridgehead atoms. The van der Waals surface area contributed by atoms with E-state index in [9.17, 15) is 0 Å². The van der Waals surface area contributed by atoms with Crippen molar-refractivity contribution in [3.8, 4) is 0 Å². The van der Waals surface area contributed by atoms with Crippen LogP contribution in [0.15, 0.2) is 30.9 Å². The van der Waals surface area contributed by atoms with Crippen molar-refractivity contribution in [1.29, 1.82) is 0 Å². The lowest BCUT2D eigenvalue weighted by Gasteiger charge is -1.93. The molecule has 84 valence electrons. The number of halogens is 2. The summed E-state index contributed by atoms with van der Waals surface area (Å²) in [5.74, 6) is 0.450. The number of aromatic nitrogens is 4. The van der Waals surface area contributed by atoms with Crippen molar-refractivity contribution >= 4 is 47.3 Å². The zero-order valence-electron chi connectivity index (χ0n) is 8.07. The molecule has 3 rings (SSSR count). The molecule has 0 amide bonds. The summed E-state index contributed by atoms with van der Waals surface area (Å²) in [5, 5.41) is 0. The largest absolute Gasteiger partial charge is 0.382 e. The van der Waals surface area contributed by atoms with Crippen molar-refractivity contribution < 1.29 is 0 Å². The normalized spacial score (nSPS) is 9.75. The van der Waals surface area contributed by atoms with E-state index in [2.05, 4.69) is 15.0 Å². The molecule has 2 N–H and O–H groups in total. The number of pyridine rings is 1. The second-order valence-corrected chi connectivity index (χ2v) is 2.98. The fourth-order valence-electron chi connectivity index (χ4n) is 1.52. The molecule has 0 fully saturated rings. The Morgan fingerprint density at radius 1 is 1.19 bits per heavy atom. The Balaban J connectivity index is 0.000000640. The number of anilines is 1. The average Bonchev–Trinajstić information content (AvgIpc) is 2.59. The quantitative estimate of drug-likeness (QED) is 0.666. The second kappa shape index (κ2) is 4.51. The molecule has 0 aliphatic heterocycles. The van der Waals surface area contributed by atoms with Gasteiger partial charge >= 0.3 is 0 Å². The van der Waals surface area contributed by atoms with Crippen LogP contribution in [0.4, 0.5) is 5.82 Å². The Hall–Kier alpha value is -1.59. The first kappa shape index (κ1) is 12.5. The number of nitrogen functional groups attached to an aromatic ring is 1. The van der Waals surface area contributed by atoms with E-state index < -0.39 is 0 Å². The van der Waals surface area contributed by atoms with E-state index in [1.165, 1.54) is 0 Å². The highest BCUT2D eigenvalue weighted by atomic mass is 35.5. The summed E-state index contributed by atoms with van der Waals surface area (Å²) in [7, 11) is 0. The summed E-state index contributed by atoms with van der Waals surface area (Å²) in [6.45, 7) is 0. The Morgan fingerprint density at radius 3 is 2.81 bits per heavy atom. The van der Waals surface area contributed by atoms with Crippen molar-refractivity contribution in [2.45, 2.75) is 0 Å². The number of nitrogens with zero attached hydrogens (tertiary/aromatic N) is 4. The SMILES string of the molecule is Cl.Cl.Nc1nccc2c1nc1cnccn12. The van der Waals surface area contributed by atoms with Crippen molar-refractivity contribution in [2.75, 3.05) is 5.73 Å². The molecule has 3 heterocycles. The van der Waals surface area contributed by atoms with Gasteiger partial charge in [-0.15, -0.1) is 24.8 Å². The van der Waals surface area contributed by atoms with Crippen molar-refractivity contribution in [1.82, 2.24) is 19.4 Å². The van der Waals surface area contributed by atoms with Crippen LogP contribution in [-0.2, 0) is 0 Å². The van der Waals surface area contributed by atoms with E-state index in [1.807, 2.05) is 16.7 Å². The molecule has 0 aliphatic rings. The predicted octanol–water partition coefficient (Wildman–Crippen LogP) is 1.70. The van der Waals surface area contributed by atoms with Gasteiger partial charge in [0.15, 0.2) is 11.5 Å². The highest BCUT2D eigenvalue weighted by molar-refractivity contribution is 5.88. The molecule has 0 radical (unpaired) electrons. The lowest BCUT2D eigenvalue weighted by Crippen LogP contribution is -1.90. The maximum Gasteiger partial charge on any atom is 0.156 e. The summed E-state index contributed by atoms with van der Waals surface area (Å²) in [5.41, 5.74) is 8.17. The zero-order valence-corrected chi connectivity index (χ0v) is 9.70. The van der Waals surface area contributed by atoms with E-state index in [0.717, 1.165) is 16.7 Å². The third kappa shape index (κ3) is 1.64. The average molecular weight is 258 g/mol. The minimum Gasteiger partial charge on any atom is -0.382 e. The smallest absolute Gasteiger partial charge is 0.156 e. The number of fused-ring (bicyclic) bond motifs is 3. The van der Waals surface area contributed by atoms with E-state index in [4.69, 9.17) is 5.73 Å². The van der Waals surface area contributed by atoms with Crippen LogP contribution in [0.2, 0.25) is 0 Å². The molecule has 0 spiro atoms. The summed E-state index contributed by atoms with van der Waals surface area (Å²) in [6.07, 6.45) is 6.93. The highest BCUT2D eigenvalue weighted by Gasteiger charge is 2.06. The Labute approximate surface area is 104 Å². The first-order valence-corrected chi connectivity index (χ1v) is 4.18. The van der Waals surface area contributed by atoms with Gasteiger partial charge in [-0.2, -0.15) is 0 Å². The predicted molar refractivity (Wildman–Crippen MR) is 67.2 cm³/mol. The summed E-state index contributed by atoms with van der Waals surface area (Å²) >= 11 is 0. The van der Waals surface area contributed by atoms with E-state index in [1.54, 1.807) is 18.6 Å². The molecule has 0 aliphatic carbocycles. The molecule has 7 heteroatoms. The topological polar surface area (TPSA) is 69.1 Å². The van der Waals surface area contributed by atoms with Gasteiger partial charge in [0.05, 0.1) is 11.7 Å². The molecular weight excluding hydrogens is 249 g/mol. The van der Waals surface area contributed by atoms with Crippen LogP contribution in [0.5, 0.6) is 0 Å². The molecule has 0 unspecified atom stereocenters. The lowest BCUT2D eigenvalue weighted by atomic mass is 10.4. The standard InChI is InChI=1S/C9H7N5.2ClH/c10-9-8-6(1-2-12-9)14-4-3-11-5-7(14)13-8;;/h1-5H,(H2,10,12);2*1H. The van der Waals surface area contributed by atoms with Gasteiger partial charge in [-0.25, -0.2) is 9.97 Å². The molecule has 0 saturated heterocycles. The van der Waals surface area contributed by atoms with Crippen LogP contribution in [-0.4, -0.2) is 19.4 Å². The lowest BCUT2D eigenvalue weighted by molar-refractivity contribution is 1.15. The van der Waals surface area contributed by atoms with Crippen molar-refractivity contribution in [3.63, 3.8) is 0 Å². The number of nitrogens with two attached hydrogens (primary N) is 1. The van der Waals surface area contributed by atoms with Gasteiger partial charge in [-0.1, -0.05) is 0 Å². The van der Waals surface area contributed by atoms with E-state index in [-0.39, 0.29) is 24.8 Å². The fourth-order valence-corrected chi connectivity index (χ4v) is 1.52. The van der Waals surface area contributed by atoms with Crippen LogP contribution in [0.1, 0.15) is 0 Å². The Morgan fingerprint density at radius 2 is 2.00 bits per heavy atom. The van der Waals surface area contributed by atoms with Gasteiger partial charge in [0.2, 0.25) is 0 Å². The number of hydrogen-bond acceptors (Lipinski definition) is 4. The molecule has 5 nitrogen and oxygen atoms in total. The highest BCUT2D eigenvalue weighted by Crippen LogP contribution is 2.18. The minimum atomic E-state index is 0. The van der Waals surface area contributed by atoms with Gasteiger partial charge in [0, 0.05) is 18.6 Å². The first-order valence-electron chi connectivity index (χ1n) is 4.18. The van der Waals surface area contributed by atoms with Crippen molar-refractivity contribution in [3.05, 3.63) is 30.9 Å². The molecule has 3 aromatic rings. The molecule has 16 heavy (non-hydrogen) atoms. The van der Waals surface area contributed by atoms with Crippen LogP contribution >= 0.6 is 24.8 Å². The molecule has 3 aromatic heterocycles. The molecular formula is C9H9Cl2N5. The maximum absolute atomic E-state index is 5.71. The van der Waals surface area contributed by atoms with Crippen LogP contribution in [0.25, 0.3) is 16.7 Å².